The second kappa shape index (κ2) is 13.4. The molecule has 0 unspecified atom stereocenters. The summed E-state index contributed by atoms with van der Waals surface area (Å²) in [5.74, 6) is 1.74. The molecule has 0 aliphatic carbocycles. The quantitative estimate of drug-likeness (QED) is 0.169. The Morgan fingerprint density at radius 3 is 1.32 bits per heavy atom. The average molecular weight is 773 g/mol. The van der Waals surface area contributed by atoms with Gasteiger partial charge < -0.3 is 0 Å². The van der Waals surface area contributed by atoms with Gasteiger partial charge in [-0.25, -0.2) is 9.97 Å². The smallest absolute Gasteiger partial charge is 0.238 e. The van der Waals surface area contributed by atoms with Gasteiger partial charge in [-0.2, -0.15) is 9.97 Å². The highest BCUT2D eigenvalue weighted by molar-refractivity contribution is 7.20. The van der Waals surface area contributed by atoms with E-state index in [4.69, 9.17) is 19.9 Å². The molecule has 59 heavy (non-hydrogen) atoms. The van der Waals surface area contributed by atoms with E-state index in [2.05, 4.69) is 185 Å². The Hall–Kier alpha value is -7.74. The van der Waals surface area contributed by atoms with Crippen LogP contribution in [0.1, 0.15) is 0 Å². The summed E-state index contributed by atoms with van der Waals surface area (Å²) < 4.78 is 5.71. The van der Waals surface area contributed by atoms with Gasteiger partial charge in [-0.3, -0.25) is 9.13 Å². The van der Waals surface area contributed by atoms with E-state index in [0.29, 0.717) is 17.6 Å². The molecule has 12 aromatic rings. The highest BCUT2D eigenvalue weighted by Crippen LogP contribution is 2.42. The van der Waals surface area contributed by atoms with E-state index in [-0.39, 0.29) is 0 Å². The number of benzene rings is 8. The molecule has 0 N–H and O–H groups in total. The molecule has 0 saturated heterocycles. The number of nitrogens with zero attached hydrogens (tertiary/aromatic N) is 6. The average Bonchev–Trinajstić information content (AvgIpc) is 4.00. The number of fused-ring (bicyclic) bond motifs is 8. The van der Waals surface area contributed by atoms with E-state index in [9.17, 15) is 0 Å². The van der Waals surface area contributed by atoms with Crippen molar-refractivity contribution in [2.75, 3.05) is 0 Å². The van der Waals surface area contributed by atoms with Gasteiger partial charge in [0.25, 0.3) is 0 Å². The summed E-state index contributed by atoms with van der Waals surface area (Å²) >= 11 is 1.70. The Morgan fingerprint density at radius 2 is 0.763 bits per heavy atom. The van der Waals surface area contributed by atoms with Gasteiger partial charge in [-0.15, -0.1) is 0 Å². The molecule has 0 atom stereocenters. The standard InChI is InChI=1S/C52H32N6S/c1-3-13-33(14-4-1)35-23-27-37(28-24-35)49-54-50(38-29-25-36(26-30-38)34-15-5-2-6-16-34)56-51(55-49)57-44-20-10-7-17-39(44)41-31-32-42-40-18-8-11-21-45(40)58(48(42)47(41)57)52-53-43-19-9-12-22-46(43)59-52/h1-32H. The maximum absolute atomic E-state index is 5.36. The molecule has 7 heteroatoms. The maximum atomic E-state index is 5.36. The molecular formula is C52H32N6S. The van der Waals surface area contributed by atoms with Crippen molar-refractivity contribution in [3.63, 3.8) is 0 Å². The van der Waals surface area contributed by atoms with Crippen LogP contribution in [-0.4, -0.2) is 29.1 Å². The Morgan fingerprint density at radius 1 is 0.322 bits per heavy atom. The monoisotopic (exact) mass is 772 g/mol. The van der Waals surface area contributed by atoms with Crippen molar-refractivity contribution in [1.82, 2.24) is 29.1 Å². The third-order valence-electron chi connectivity index (χ3n) is 11.3. The Labute approximate surface area is 343 Å². The summed E-state index contributed by atoms with van der Waals surface area (Å²) in [6.07, 6.45) is 0. The summed E-state index contributed by atoms with van der Waals surface area (Å²) in [4.78, 5) is 21.1. The molecular weight excluding hydrogens is 741 g/mol. The number of thiazole rings is 1. The Balaban J connectivity index is 1.15. The zero-order chi connectivity index (χ0) is 38.9. The highest BCUT2D eigenvalue weighted by atomic mass is 32.1. The second-order valence-electron chi connectivity index (χ2n) is 14.7. The first kappa shape index (κ1) is 33.4. The minimum Gasteiger partial charge on any atom is -0.283 e. The van der Waals surface area contributed by atoms with Crippen LogP contribution in [0.5, 0.6) is 0 Å². The molecule has 4 aromatic heterocycles. The van der Waals surface area contributed by atoms with E-state index in [1.54, 1.807) is 11.3 Å². The predicted molar refractivity (Wildman–Crippen MR) is 243 cm³/mol. The van der Waals surface area contributed by atoms with Crippen molar-refractivity contribution in [2.45, 2.75) is 0 Å². The zero-order valence-electron chi connectivity index (χ0n) is 31.6. The first-order valence-corrected chi connectivity index (χ1v) is 20.5. The lowest BCUT2D eigenvalue weighted by Crippen LogP contribution is -2.07. The number of hydrogen-bond donors (Lipinski definition) is 0. The summed E-state index contributed by atoms with van der Waals surface area (Å²) in [6, 6.07) is 67.9. The van der Waals surface area contributed by atoms with Crippen LogP contribution in [0.25, 0.3) is 110 Å². The van der Waals surface area contributed by atoms with E-state index < -0.39 is 0 Å². The van der Waals surface area contributed by atoms with E-state index in [1.807, 2.05) is 18.2 Å². The van der Waals surface area contributed by atoms with Gasteiger partial charge >= 0.3 is 0 Å². The summed E-state index contributed by atoms with van der Waals surface area (Å²) in [6.45, 7) is 0. The number of para-hydroxylation sites is 3. The lowest BCUT2D eigenvalue weighted by Gasteiger charge is -2.13. The molecule has 6 nitrogen and oxygen atoms in total. The van der Waals surface area contributed by atoms with Crippen LogP contribution in [0.2, 0.25) is 0 Å². The minimum atomic E-state index is 0.545. The first-order chi connectivity index (χ1) is 29.2. The van der Waals surface area contributed by atoms with Gasteiger partial charge in [0.05, 0.1) is 32.3 Å². The fourth-order valence-corrected chi connectivity index (χ4v) is 9.46. The number of aromatic nitrogens is 6. The molecule has 4 heterocycles. The van der Waals surface area contributed by atoms with Crippen molar-refractivity contribution in [2.24, 2.45) is 0 Å². The molecule has 0 aliphatic rings. The van der Waals surface area contributed by atoms with Crippen molar-refractivity contribution >= 4 is 65.2 Å². The van der Waals surface area contributed by atoms with Crippen molar-refractivity contribution in [3.8, 4) is 56.1 Å². The molecule has 8 aromatic carbocycles. The van der Waals surface area contributed by atoms with Crippen LogP contribution in [-0.2, 0) is 0 Å². The summed E-state index contributed by atoms with van der Waals surface area (Å²) in [5, 5.41) is 5.44. The minimum absolute atomic E-state index is 0.545. The van der Waals surface area contributed by atoms with Crippen LogP contribution in [0.15, 0.2) is 194 Å². The van der Waals surface area contributed by atoms with Gasteiger partial charge in [-0.1, -0.05) is 181 Å². The number of hydrogen-bond acceptors (Lipinski definition) is 5. The van der Waals surface area contributed by atoms with E-state index in [0.717, 1.165) is 92.3 Å². The third kappa shape index (κ3) is 5.47. The van der Waals surface area contributed by atoms with Gasteiger partial charge in [0.2, 0.25) is 5.95 Å². The molecule has 276 valence electrons. The number of rotatable bonds is 6. The van der Waals surface area contributed by atoms with Gasteiger partial charge in [0.15, 0.2) is 16.8 Å². The first-order valence-electron chi connectivity index (χ1n) is 19.6. The van der Waals surface area contributed by atoms with Crippen molar-refractivity contribution in [3.05, 3.63) is 194 Å². The molecule has 0 saturated carbocycles. The molecule has 0 amide bonds. The molecule has 0 aliphatic heterocycles. The van der Waals surface area contributed by atoms with Crippen LogP contribution in [0.3, 0.4) is 0 Å². The molecule has 12 rings (SSSR count). The fraction of sp³-hybridized carbons (Fsp3) is 0. The van der Waals surface area contributed by atoms with Gasteiger partial charge in [-0.05, 0) is 46.5 Å². The van der Waals surface area contributed by atoms with Crippen molar-refractivity contribution < 1.29 is 0 Å². The lowest BCUT2D eigenvalue weighted by atomic mass is 10.0. The van der Waals surface area contributed by atoms with Crippen molar-refractivity contribution in [1.29, 1.82) is 0 Å². The molecule has 0 radical (unpaired) electrons. The normalized spacial score (nSPS) is 11.7. The second-order valence-corrected chi connectivity index (χ2v) is 15.7. The van der Waals surface area contributed by atoms with Crippen LogP contribution >= 0.6 is 11.3 Å². The Kier molecular flexibility index (Phi) is 7.61. The van der Waals surface area contributed by atoms with E-state index >= 15 is 0 Å². The summed E-state index contributed by atoms with van der Waals surface area (Å²) in [5.41, 5.74) is 11.6. The molecule has 0 bridgehead atoms. The van der Waals surface area contributed by atoms with Crippen LogP contribution in [0, 0.1) is 0 Å². The van der Waals surface area contributed by atoms with Crippen LogP contribution < -0.4 is 0 Å². The molecule has 0 spiro atoms. The lowest BCUT2D eigenvalue weighted by molar-refractivity contribution is 0.953. The summed E-state index contributed by atoms with van der Waals surface area (Å²) in [7, 11) is 0. The van der Waals surface area contributed by atoms with Crippen LogP contribution in [0.4, 0.5) is 0 Å². The zero-order valence-corrected chi connectivity index (χ0v) is 32.4. The highest BCUT2D eigenvalue weighted by Gasteiger charge is 2.24. The third-order valence-corrected chi connectivity index (χ3v) is 12.3. The SMILES string of the molecule is c1ccc(-c2ccc(-c3nc(-c4ccc(-c5ccccc5)cc4)nc(-n4c5ccccc5c5ccc6c7ccccc7n(-c7nc8ccccc8s7)c6c54)n3)cc2)cc1. The predicted octanol–water partition coefficient (Wildman–Crippen LogP) is 13.3. The fourth-order valence-electron chi connectivity index (χ4n) is 8.47. The topological polar surface area (TPSA) is 61.4 Å². The Bertz CT molecular complexity index is 3400. The van der Waals surface area contributed by atoms with Gasteiger partial charge in [0, 0.05) is 32.7 Å². The largest absolute Gasteiger partial charge is 0.283 e. The van der Waals surface area contributed by atoms with Gasteiger partial charge in [0.1, 0.15) is 0 Å². The van der Waals surface area contributed by atoms with E-state index in [1.165, 1.54) is 0 Å². The maximum Gasteiger partial charge on any atom is 0.238 e. The molecule has 0 fully saturated rings.